The Kier molecular flexibility index (Phi) is 0.785. The summed E-state index contributed by atoms with van der Waals surface area (Å²) in [6.07, 6.45) is 0. The van der Waals surface area contributed by atoms with E-state index in [-0.39, 0.29) is 11.9 Å². The first kappa shape index (κ1) is 4.59. The van der Waals surface area contributed by atoms with E-state index in [0.29, 0.717) is 6.04 Å². The van der Waals surface area contributed by atoms with Crippen LogP contribution in [0.15, 0.2) is 0 Å². The smallest absolute Gasteiger partial charge is 0.236 e. The van der Waals surface area contributed by atoms with Gasteiger partial charge in [0, 0.05) is 6.04 Å². The highest BCUT2D eigenvalue weighted by Crippen LogP contribution is 2.06. The van der Waals surface area contributed by atoms with Gasteiger partial charge in [0.2, 0.25) is 5.91 Å². The Bertz CT molecular complexity index is 102. The first-order valence-electron chi connectivity index (χ1n) is 2.27. The lowest BCUT2D eigenvalue weighted by Crippen LogP contribution is -2.20. The minimum absolute atomic E-state index is 0.0417. The molecule has 1 fully saturated rings. The van der Waals surface area contributed by atoms with Crippen molar-refractivity contribution in [2.24, 2.45) is 5.73 Å². The second-order valence-electron chi connectivity index (χ2n) is 1.84. The summed E-state index contributed by atoms with van der Waals surface area (Å²) in [5.41, 5.74) is 4.89. The van der Waals surface area contributed by atoms with Gasteiger partial charge in [-0.3, -0.25) is 10.1 Å². The first-order valence-corrected chi connectivity index (χ1v) is 2.27. The minimum atomic E-state index is -0.243. The van der Waals surface area contributed by atoms with Crippen molar-refractivity contribution in [3.05, 3.63) is 0 Å². The molecule has 0 radical (unpaired) electrons. The van der Waals surface area contributed by atoms with Gasteiger partial charge in [0.25, 0.3) is 0 Å². The summed E-state index contributed by atoms with van der Waals surface area (Å²) in [6.45, 7) is 1.93. The maximum absolute atomic E-state index is 10.1. The fourth-order valence-electron chi connectivity index (χ4n) is 0.556. The zero-order valence-electron chi connectivity index (χ0n) is 4.14. The van der Waals surface area contributed by atoms with Crippen LogP contribution in [0.5, 0.6) is 0 Å². The summed E-state index contributed by atoms with van der Waals surface area (Å²) in [5, 5.41) is 2.86. The molecule has 0 saturated carbocycles. The Morgan fingerprint density at radius 3 is 2.29 bits per heavy atom. The molecule has 0 aromatic rings. The van der Waals surface area contributed by atoms with E-state index < -0.39 is 0 Å². The molecule has 0 aliphatic carbocycles. The number of nitrogens with two attached hydrogens (primary N) is 1. The van der Waals surface area contributed by atoms with E-state index in [9.17, 15) is 4.79 Å². The molecule has 0 unspecified atom stereocenters. The molecule has 2 atom stereocenters. The van der Waals surface area contributed by atoms with Crippen molar-refractivity contribution >= 4 is 5.91 Å². The van der Waals surface area contributed by atoms with Gasteiger partial charge in [-0.15, -0.1) is 0 Å². The topological polar surface area (TPSA) is 65.0 Å². The van der Waals surface area contributed by atoms with Gasteiger partial charge in [0.15, 0.2) is 0 Å². The molecule has 1 aliphatic heterocycles. The average molecular weight is 100 g/mol. The van der Waals surface area contributed by atoms with Gasteiger partial charge < -0.3 is 5.73 Å². The van der Waals surface area contributed by atoms with Crippen LogP contribution < -0.4 is 11.1 Å². The number of primary amides is 1. The van der Waals surface area contributed by atoms with Crippen LogP contribution in [-0.4, -0.2) is 18.0 Å². The third kappa shape index (κ3) is 0.718. The lowest BCUT2D eigenvalue weighted by molar-refractivity contribution is -0.117. The molecule has 1 saturated heterocycles. The fraction of sp³-hybridized carbons (Fsp3) is 0.750. The molecule has 0 aromatic carbocycles. The van der Waals surface area contributed by atoms with Crippen LogP contribution in [0.3, 0.4) is 0 Å². The van der Waals surface area contributed by atoms with E-state index in [1.165, 1.54) is 0 Å². The van der Waals surface area contributed by atoms with Crippen LogP contribution in [0.2, 0.25) is 0 Å². The predicted octanol–water partition coefficient (Wildman–Crippen LogP) is -1.17. The maximum atomic E-state index is 10.1. The SMILES string of the molecule is C[C@@H]1N[C@@H]1C(N)=O. The molecule has 40 valence electrons. The Balaban J connectivity index is 2.33. The molecule has 1 heterocycles. The zero-order chi connectivity index (χ0) is 5.44. The van der Waals surface area contributed by atoms with Gasteiger partial charge in [0.05, 0.1) is 0 Å². The van der Waals surface area contributed by atoms with Crippen molar-refractivity contribution in [2.45, 2.75) is 19.0 Å². The number of amides is 1. The number of carbonyl (C=O) groups is 1. The van der Waals surface area contributed by atoms with Crippen LogP contribution in [0.1, 0.15) is 6.92 Å². The van der Waals surface area contributed by atoms with Crippen molar-refractivity contribution in [3.63, 3.8) is 0 Å². The second-order valence-corrected chi connectivity index (χ2v) is 1.84. The highest BCUT2D eigenvalue weighted by Gasteiger charge is 2.36. The van der Waals surface area contributed by atoms with Crippen LogP contribution in [0.25, 0.3) is 0 Å². The Hall–Kier alpha value is -0.570. The zero-order valence-corrected chi connectivity index (χ0v) is 4.14. The second kappa shape index (κ2) is 1.20. The van der Waals surface area contributed by atoms with Crippen molar-refractivity contribution < 1.29 is 4.79 Å². The molecule has 7 heavy (non-hydrogen) atoms. The van der Waals surface area contributed by atoms with E-state index in [2.05, 4.69) is 5.32 Å². The van der Waals surface area contributed by atoms with E-state index in [1.54, 1.807) is 0 Å². The summed E-state index contributed by atoms with van der Waals surface area (Å²) in [6, 6.07) is 0.275. The van der Waals surface area contributed by atoms with Gasteiger partial charge in [-0.05, 0) is 6.92 Å². The minimum Gasteiger partial charge on any atom is -0.368 e. The predicted molar refractivity (Wildman–Crippen MR) is 25.6 cm³/mol. The third-order valence-corrected chi connectivity index (χ3v) is 1.14. The fourth-order valence-corrected chi connectivity index (χ4v) is 0.556. The van der Waals surface area contributed by atoms with Crippen LogP contribution in [0, 0.1) is 0 Å². The summed E-state index contributed by atoms with van der Waals surface area (Å²) in [4.78, 5) is 10.1. The van der Waals surface area contributed by atoms with Crippen molar-refractivity contribution in [1.29, 1.82) is 0 Å². The molecular weight excluding hydrogens is 92.1 g/mol. The monoisotopic (exact) mass is 100 g/mol. The van der Waals surface area contributed by atoms with Crippen molar-refractivity contribution in [2.75, 3.05) is 0 Å². The van der Waals surface area contributed by atoms with Gasteiger partial charge >= 0.3 is 0 Å². The van der Waals surface area contributed by atoms with Gasteiger partial charge in [-0.2, -0.15) is 0 Å². The highest BCUT2D eigenvalue weighted by atomic mass is 16.1. The lowest BCUT2D eigenvalue weighted by atomic mass is 10.3. The number of nitrogens with one attached hydrogen (secondary N) is 1. The number of hydrogen-bond donors (Lipinski definition) is 2. The van der Waals surface area contributed by atoms with E-state index in [0.717, 1.165) is 0 Å². The van der Waals surface area contributed by atoms with Gasteiger partial charge in [-0.1, -0.05) is 0 Å². The Morgan fingerprint density at radius 2 is 2.29 bits per heavy atom. The van der Waals surface area contributed by atoms with Gasteiger partial charge in [-0.25, -0.2) is 0 Å². The van der Waals surface area contributed by atoms with E-state index in [1.807, 2.05) is 6.92 Å². The number of carbonyl (C=O) groups excluding carboxylic acids is 1. The van der Waals surface area contributed by atoms with E-state index in [4.69, 9.17) is 5.73 Å². The maximum Gasteiger partial charge on any atom is 0.236 e. The van der Waals surface area contributed by atoms with Gasteiger partial charge in [0.1, 0.15) is 6.04 Å². The Labute approximate surface area is 41.9 Å². The molecular formula is C4H8N2O. The normalized spacial score (nSPS) is 37.9. The summed E-state index contributed by atoms with van der Waals surface area (Å²) in [7, 11) is 0. The van der Waals surface area contributed by atoms with Crippen LogP contribution in [-0.2, 0) is 4.79 Å². The Morgan fingerprint density at radius 1 is 1.86 bits per heavy atom. The lowest BCUT2D eigenvalue weighted by Gasteiger charge is -1.78. The number of hydrogen-bond acceptors (Lipinski definition) is 2. The molecule has 0 aromatic heterocycles. The molecule has 3 heteroatoms. The average Bonchev–Trinajstić information content (AvgIpc) is 2.17. The highest BCUT2D eigenvalue weighted by molar-refractivity contribution is 5.83. The quantitative estimate of drug-likeness (QED) is 0.408. The molecule has 1 amide bonds. The molecule has 1 rings (SSSR count). The number of rotatable bonds is 1. The third-order valence-electron chi connectivity index (χ3n) is 1.14. The molecule has 1 aliphatic rings. The molecule has 0 spiro atoms. The summed E-state index contributed by atoms with van der Waals surface area (Å²) >= 11 is 0. The van der Waals surface area contributed by atoms with Crippen LogP contribution >= 0.6 is 0 Å². The van der Waals surface area contributed by atoms with Crippen molar-refractivity contribution in [1.82, 2.24) is 5.32 Å². The molecule has 3 nitrogen and oxygen atoms in total. The largest absolute Gasteiger partial charge is 0.368 e. The van der Waals surface area contributed by atoms with E-state index >= 15 is 0 Å². The van der Waals surface area contributed by atoms with Crippen molar-refractivity contribution in [3.8, 4) is 0 Å². The summed E-state index contributed by atoms with van der Waals surface area (Å²) < 4.78 is 0. The summed E-state index contributed by atoms with van der Waals surface area (Å²) in [5.74, 6) is -0.243. The van der Waals surface area contributed by atoms with Crippen LogP contribution in [0.4, 0.5) is 0 Å². The molecule has 3 N–H and O–H groups in total. The first-order chi connectivity index (χ1) is 3.22. The standard InChI is InChI=1S/C4H8N2O/c1-2-3(6-2)4(5)7/h2-3,6H,1H3,(H2,5,7)/t2-,3-/m0/s1. The molecule has 0 bridgehead atoms.